The number of sulfone groups is 1. The number of anilines is 2. The lowest BCUT2D eigenvalue weighted by Gasteiger charge is -2.35. The molecular weight excluding hydrogens is 597 g/mol. The fourth-order valence-corrected chi connectivity index (χ4v) is 7.36. The summed E-state index contributed by atoms with van der Waals surface area (Å²) in [6.45, 7) is 4.45. The van der Waals surface area contributed by atoms with Gasteiger partial charge in [-0.25, -0.2) is 21.6 Å². The van der Waals surface area contributed by atoms with Crippen molar-refractivity contribution in [2.24, 2.45) is 0 Å². The molecule has 42 heavy (non-hydrogen) atoms. The van der Waals surface area contributed by atoms with Gasteiger partial charge in [0.2, 0.25) is 0 Å². The first-order valence-corrected chi connectivity index (χ1v) is 15.9. The lowest BCUT2D eigenvalue weighted by molar-refractivity contribution is -0.137. The van der Waals surface area contributed by atoms with Crippen molar-refractivity contribution in [2.45, 2.75) is 49.3 Å². The van der Waals surface area contributed by atoms with Gasteiger partial charge in [-0.15, -0.1) is 0 Å². The number of benzene rings is 3. The van der Waals surface area contributed by atoms with Crippen molar-refractivity contribution >= 4 is 37.3 Å². The van der Waals surface area contributed by atoms with E-state index in [1.54, 1.807) is 51.1 Å². The molecule has 3 aromatic carbocycles. The van der Waals surface area contributed by atoms with Gasteiger partial charge in [0.05, 0.1) is 34.2 Å². The minimum atomic E-state index is -4.80. The maximum Gasteiger partial charge on any atom is 0.416 e. The number of fused-ring (bicyclic) bond motifs is 1. The molecule has 1 aliphatic heterocycles. The van der Waals surface area contributed by atoms with E-state index in [2.05, 4.69) is 5.32 Å². The second-order valence-corrected chi connectivity index (χ2v) is 14.6. The molecule has 0 bridgehead atoms. The van der Waals surface area contributed by atoms with Gasteiger partial charge >= 0.3 is 12.3 Å². The zero-order valence-corrected chi connectivity index (χ0v) is 24.5. The predicted molar refractivity (Wildman–Crippen MR) is 151 cm³/mol. The molecule has 0 radical (unpaired) electrons. The maximum absolute atomic E-state index is 13.8. The molecule has 0 saturated carbocycles. The van der Waals surface area contributed by atoms with Gasteiger partial charge in [-0.2, -0.15) is 13.2 Å². The number of sulfonamides is 1. The molecule has 1 N–H and O–H groups in total. The molecule has 0 spiro atoms. The highest BCUT2D eigenvalue weighted by Crippen LogP contribution is 2.40. The van der Waals surface area contributed by atoms with Crippen molar-refractivity contribution in [2.75, 3.05) is 21.9 Å². The van der Waals surface area contributed by atoms with Crippen LogP contribution < -0.4 is 14.4 Å². The SMILES string of the molecule is CC(C)(C)OC(=O)Nc1ccc2c(c1)N(S(=O)(=O)c1cccc(C(F)(F)F)c1)CC(CS(=O)(=O)Cc1ccccc1)O2. The van der Waals surface area contributed by atoms with Gasteiger partial charge < -0.3 is 9.47 Å². The first-order valence-electron chi connectivity index (χ1n) is 12.7. The highest BCUT2D eigenvalue weighted by atomic mass is 32.2. The van der Waals surface area contributed by atoms with Crippen molar-refractivity contribution in [3.05, 3.63) is 83.9 Å². The van der Waals surface area contributed by atoms with Crippen molar-refractivity contribution in [1.29, 1.82) is 0 Å². The molecular formula is C28H29F3N2O7S2. The van der Waals surface area contributed by atoms with Crippen LogP contribution >= 0.6 is 0 Å². The van der Waals surface area contributed by atoms with Gasteiger partial charge in [0.1, 0.15) is 17.5 Å². The molecule has 0 aliphatic carbocycles. The first-order chi connectivity index (χ1) is 19.4. The normalized spacial score (nSPS) is 15.9. The van der Waals surface area contributed by atoms with E-state index in [0.717, 1.165) is 22.5 Å². The summed E-state index contributed by atoms with van der Waals surface area (Å²) in [6.07, 6.45) is -6.81. The summed E-state index contributed by atoms with van der Waals surface area (Å²) in [5.41, 5.74) is -1.44. The molecule has 1 heterocycles. The molecule has 3 aromatic rings. The second kappa shape index (κ2) is 11.5. The molecule has 1 aliphatic rings. The van der Waals surface area contributed by atoms with E-state index in [-0.39, 0.29) is 22.9 Å². The summed E-state index contributed by atoms with van der Waals surface area (Å²) in [5.74, 6) is -0.917. The van der Waals surface area contributed by atoms with Gasteiger partial charge in [0, 0.05) is 5.69 Å². The molecule has 0 fully saturated rings. The average molecular weight is 627 g/mol. The maximum atomic E-state index is 13.8. The van der Waals surface area contributed by atoms with Gasteiger partial charge in [-0.3, -0.25) is 9.62 Å². The fraction of sp³-hybridized carbons (Fsp3) is 0.321. The van der Waals surface area contributed by atoms with Crippen LogP contribution in [0.15, 0.2) is 77.7 Å². The summed E-state index contributed by atoms with van der Waals surface area (Å²) in [7, 11) is -8.47. The van der Waals surface area contributed by atoms with Crippen LogP contribution in [0.5, 0.6) is 5.75 Å². The van der Waals surface area contributed by atoms with E-state index < -0.39 is 66.6 Å². The Morgan fingerprint density at radius 1 is 0.976 bits per heavy atom. The second-order valence-electron chi connectivity index (χ2n) is 10.7. The minimum absolute atomic E-state index is 0.0357. The van der Waals surface area contributed by atoms with Crippen LogP contribution in [-0.2, 0) is 36.5 Å². The van der Waals surface area contributed by atoms with Crippen molar-refractivity contribution in [3.8, 4) is 5.75 Å². The summed E-state index contributed by atoms with van der Waals surface area (Å²) >= 11 is 0. The Labute approximate surface area is 242 Å². The number of carbonyl (C=O) groups is 1. The Balaban J connectivity index is 1.71. The first kappa shape index (κ1) is 31.2. The lowest BCUT2D eigenvalue weighted by Crippen LogP contribution is -2.46. The number of nitrogens with zero attached hydrogens (tertiary/aromatic N) is 1. The van der Waals surface area contributed by atoms with E-state index in [4.69, 9.17) is 9.47 Å². The van der Waals surface area contributed by atoms with E-state index in [9.17, 15) is 34.8 Å². The zero-order chi connectivity index (χ0) is 30.9. The van der Waals surface area contributed by atoms with Crippen molar-refractivity contribution in [3.63, 3.8) is 0 Å². The van der Waals surface area contributed by atoms with Crippen molar-refractivity contribution < 1.29 is 44.3 Å². The van der Waals surface area contributed by atoms with Gasteiger partial charge in [0.15, 0.2) is 9.84 Å². The summed E-state index contributed by atoms with van der Waals surface area (Å²) in [5, 5.41) is 2.48. The van der Waals surface area contributed by atoms with Crippen LogP contribution in [0, 0.1) is 0 Å². The Hall–Kier alpha value is -3.78. The molecule has 226 valence electrons. The Bertz CT molecular complexity index is 1670. The van der Waals surface area contributed by atoms with Gasteiger partial charge in [-0.05, 0) is 62.7 Å². The average Bonchev–Trinajstić information content (AvgIpc) is 2.87. The minimum Gasteiger partial charge on any atom is -0.485 e. The molecule has 4 rings (SSSR count). The topological polar surface area (TPSA) is 119 Å². The Kier molecular flexibility index (Phi) is 8.52. The number of rotatable bonds is 7. The zero-order valence-electron chi connectivity index (χ0n) is 22.9. The molecule has 1 amide bonds. The molecule has 14 heteroatoms. The van der Waals surface area contributed by atoms with Crippen LogP contribution in [0.4, 0.5) is 29.3 Å². The third-order valence-electron chi connectivity index (χ3n) is 5.95. The number of hydrogen-bond acceptors (Lipinski definition) is 7. The van der Waals surface area contributed by atoms with Gasteiger partial charge in [0.25, 0.3) is 10.0 Å². The summed E-state index contributed by atoms with van der Waals surface area (Å²) in [6, 6.07) is 15.6. The van der Waals surface area contributed by atoms with Crippen LogP contribution in [0.1, 0.15) is 31.9 Å². The van der Waals surface area contributed by atoms with Gasteiger partial charge in [-0.1, -0.05) is 36.4 Å². The van der Waals surface area contributed by atoms with E-state index >= 15 is 0 Å². The third kappa shape index (κ3) is 7.73. The van der Waals surface area contributed by atoms with Crippen LogP contribution in [-0.4, -0.2) is 46.9 Å². The number of nitrogens with one attached hydrogen (secondary N) is 1. The summed E-state index contributed by atoms with van der Waals surface area (Å²) in [4.78, 5) is 11.7. The molecule has 9 nitrogen and oxygen atoms in total. The van der Waals surface area contributed by atoms with E-state index in [1.807, 2.05) is 0 Å². The Morgan fingerprint density at radius 3 is 2.31 bits per heavy atom. The van der Waals surface area contributed by atoms with E-state index in [0.29, 0.717) is 11.6 Å². The Morgan fingerprint density at radius 2 is 1.67 bits per heavy atom. The largest absolute Gasteiger partial charge is 0.485 e. The number of carbonyl (C=O) groups excluding carboxylic acids is 1. The van der Waals surface area contributed by atoms with Crippen molar-refractivity contribution in [1.82, 2.24) is 0 Å². The van der Waals surface area contributed by atoms with E-state index in [1.165, 1.54) is 18.2 Å². The van der Waals surface area contributed by atoms with Crippen LogP contribution in [0.2, 0.25) is 0 Å². The number of alkyl halides is 3. The molecule has 1 unspecified atom stereocenters. The summed E-state index contributed by atoms with van der Waals surface area (Å²) < 4.78 is 106. The number of hydrogen-bond donors (Lipinski definition) is 1. The van der Waals surface area contributed by atoms with Crippen LogP contribution in [0.25, 0.3) is 0 Å². The monoisotopic (exact) mass is 626 g/mol. The number of halogens is 3. The smallest absolute Gasteiger partial charge is 0.416 e. The third-order valence-corrected chi connectivity index (χ3v) is 9.38. The fourth-order valence-electron chi connectivity index (χ4n) is 4.26. The quantitative estimate of drug-likeness (QED) is 0.361. The standard InChI is InChI=1S/C28H29F3N2O7S2/c1-27(2,3)40-26(34)32-21-12-13-25-24(15-21)33(42(37,38)23-11-7-10-20(14-23)28(29,30)31)16-22(39-25)18-41(35,36)17-19-8-5-4-6-9-19/h4-15,22H,16-18H2,1-3H3,(H,32,34). The highest BCUT2D eigenvalue weighted by Gasteiger charge is 2.38. The molecule has 0 saturated heterocycles. The number of amides is 1. The van der Waals surface area contributed by atoms with Crippen LogP contribution in [0.3, 0.4) is 0 Å². The predicted octanol–water partition coefficient (Wildman–Crippen LogP) is 5.62. The highest BCUT2D eigenvalue weighted by molar-refractivity contribution is 7.93. The molecule has 0 aromatic heterocycles. The molecule has 1 atom stereocenters. The lowest BCUT2D eigenvalue weighted by atomic mass is 10.2. The number of ether oxygens (including phenoxy) is 2.